The molecule has 1 aliphatic heterocycles. The Hall–Kier alpha value is -1.09. The third kappa shape index (κ3) is 3.72. The normalized spacial score (nSPS) is 19.3. The smallest absolute Gasteiger partial charge is 0.140 e. The van der Waals surface area contributed by atoms with E-state index in [0.717, 1.165) is 18.0 Å². The number of piperidine rings is 1. The van der Waals surface area contributed by atoms with E-state index in [9.17, 15) is 0 Å². The van der Waals surface area contributed by atoms with E-state index in [2.05, 4.69) is 43.6 Å². The van der Waals surface area contributed by atoms with Crippen LogP contribution in [0.5, 0.6) is 5.75 Å². The van der Waals surface area contributed by atoms with Crippen LogP contribution in [0, 0.1) is 5.41 Å². The van der Waals surface area contributed by atoms with Crippen molar-refractivity contribution < 1.29 is 4.74 Å². The highest BCUT2D eigenvalue weighted by atomic mass is 16.5. The molecule has 20 heavy (non-hydrogen) atoms. The minimum absolute atomic E-state index is 0.398. The highest BCUT2D eigenvalue weighted by Crippen LogP contribution is 2.31. The van der Waals surface area contributed by atoms with Crippen molar-refractivity contribution in [3.63, 3.8) is 0 Å². The molecule has 0 bridgehead atoms. The van der Waals surface area contributed by atoms with Gasteiger partial charge in [-0.2, -0.15) is 0 Å². The number of methoxy groups -OCH3 is 1. The number of rotatable bonds is 4. The van der Waals surface area contributed by atoms with Gasteiger partial charge in [-0.15, -0.1) is 0 Å². The Balaban J connectivity index is 2.03. The molecular weight excluding hydrogens is 248 g/mol. The predicted molar refractivity (Wildman–Crippen MR) is 83.2 cm³/mol. The monoisotopic (exact) mass is 276 g/mol. The third-order valence-electron chi connectivity index (χ3n) is 4.32. The molecule has 0 aromatic carbocycles. The van der Waals surface area contributed by atoms with Gasteiger partial charge in [0.05, 0.1) is 12.8 Å². The number of pyridine rings is 1. The standard InChI is InChI=1S/C17H28N2O/c1-13(2)16-15(20-5)10-14(11-18-16)12-19-8-6-17(3,4)7-9-19/h10-11,13H,6-9,12H2,1-5H3. The van der Waals surface area contributed by atoms with Crippen LogP contribution in [0.25, 0.3) is 0 Å². The van der Waals surface area contributed by atoms with E-state index in [4.69, 9.17) is 4.74 Å². The number of hydrogen-bond donors (Lipinski definition) is 0. The van der Waals surface area contributed by atoms with Gasteiger partial charge in [0.2, 0.25) is 0 Å². The predicted octanol–water partition coefficient (Wildman–Crippen LogP) is 3.84. The summed E-state index contributed by atoms with van der Waals surface area (Å²) in [6, 6.07) is 2.15. The van der Waals surface area contributed by atoms with Crippen molar-refractivity contribution in [1.29, 1.82) is 0 Å². The lowest BCUT2D eigenvalue weighted by atomic mass is 9.82. The lowest BCUT2D eigenvalue weighted by Gasteiger charge is -2.36. The van der Waals surface area contributed by atoms with Gasteiger partial charge in [-0.05, 0) is 48.9 Å². The molecular formula is C17H28N2O. The van der Waals surface area contributed by atoms with Crippen LogP contribution >= 0.6 is 0 Å². The molecule has 0 saturated carbocycles. The van der Waals surface area contributed by atoms with E-state index < -0.39 is 0 Å². The Labute approximate surface area is 123 Å². The number of aromatic nitrogens is 1. The summed E-state index contributed by atoms with van der Waals surface area (Å²) in [5.41, 5.74) is 2.82. The molecule has 0 radical (unpaired) electrons. The van der Waals surface area contributed by atoms with Gasteiger partial charge >= 0.3 is 0 Å². The minimum atomic E-state index is 0.398. The molecule has 1 saturated heterocycles. The van der Waals surface area contributed by atoms with Gasteiger partial charge in [-0.3, -0.25) is 9.88 Å². The van der Waals surface area contributed by atoms with Crippen LogP contribution in [-0.4, -0.2) is 30.1 Å². The lowest BCUT2D eigenvalue weighted by molar-refractivity contribution is 0.127. The molecule has 2 rings (SSSR count). The highest BCUT2D eigenvalue weighted by molar-refractivity contribution is 5.33. The van der Waals surface area contributed by atoms with Crippen molar-refractivity contribution in [3.8, 4) is 5.75 Å². The molecule has 0 N–H and O–H groups in total. The summed E-state index contributed by atoms with van der Waals surface area (Å²) in [5, 5.41) is 0. The first-order chi connectivity index (χ1) is 9.41. The van der Waals surface area contributed by atoms with Crippen LogP contribution < -0.4 is 4.74 Å². The topological polar surface area (TPSA) is 25.4 Å². The molecule has 0 amide bonds. The Kier molecular flexibility index (Phi) is 4.69. The van der Waals surface area contributed by atoms with Gasteiger partial charge in [0.1, 0.15) is 5.75 Å². The lowest BCUT2D eigenvalue weighted by Crippen LogP contribution is -2.36. The maximum absolute atomic E-state index is 5.49. The van der Waals surface area contributed by atoms with Crippen molar-refractivity contribution in [2.24, 2.45) is 5.41 Å². The SMILES string of the molecule is COc1cc(CN2CCC(C)(C)CC2)cnc1C(C)C. The first-order valence-electron chi connectivity index (χ1n) is 7.66. The summed E-state index contributed by atoms with van der Waals surface area (Å²) >= 11 is 0. The maximum Gasteiger partial charge on any atom is 0.140 e. The van der Waals surface area contributed by atoms with E-state index >= 15 is 0 Å². The van der Waals surface area contributed by atoms with Crippen LogP contribution in [0.4, 0.5) is 0 Å². The van der Waals surface area contributed by atoms with Gasteiger partial charge in [-0.1, -0.05) is 27.7 Å². The van der Waals surface area contributed by atoms with Crippen LogP contribution in [0.1, 0.15) is 57.7 Å². The zero-order chi connectivity index (χ0) is 14.8. The van der Waals surface area contributed by atoms with Crippen molar-refractivity contribution in [3.05, 3.63) is 23.5 Å². The van der Waals surface area contributed by atoms with Crippen LogP contribution in [-0.2, 0) is 6.54 Å². The number of likely N-dealkylation sites (tertiary alicyclic amines) is 1. The molecule has 3 nitrogen and oxygen atoms in total. The number of ether oxygens (including phenoxy) is 1. The average molecular weight is 276 g/mol. The second-order valence-electron chi connectivity index (χ2n) is 7.03. The van der Waals surface area contributed by atoms with Crippen LogP contribution in [0.3, 0.4) is 0 Å². The molecule has 0 atom stereocenters. The molecule has 3 heteroatoms. The molecule has 112 valence electrons. The summed E-state index contributed by atoms with van der Waals surface area (Å²) in [6.45, 7) is 12.4. The van der Waals surface area contributed by atoms with Crippen molar-refractivity contribution >= 4 is 0 Å². The van der Waals surface area contributed by atoms with Crippen molar-refractivity contribution in [1.82, 2.24) is 9.88 Å². The first kappa shape index (κ1) is 15.3. The van der Waals surface area contributed by atoms with Gasteiger partial charge in [0.25, 0.3) is 0 Å². The third-order valence-corrected chi connectivity index (χ3v) is 4.32. The fourth-order valence-corrected chi connectivity index (χ4v) is 2.75. The molecule has 0 unspecified atom stereocenters. The highest BCUT2D eigenvalue weighted by Gasteiger charge is 2.25. The Morgan fingerprint density at radius 1 is 1.30 bits per heavy atom. The fraction of sp³-hybridized carbons (Fsp3) is 0.706. The molecule has 0 aliphatic carbocycles. The molecule has 0 spiro atoms. The summed E-state index contributed by atoms with van der Waals surface area (Å²) in [6.07, 6.45) is 4.57. The van der Waals surface area contributed by atoms with Gasteiger partial charge in [0, 0.05) is 12.7 Å². The van der Waals surface area contributed by atoms with Gasteiger partial charge in [0.15, 0.2) is 0 Å². The van der Waals surface area contributed by atoms with Crippen LogP contribution in [0.2, 0.25) is 0 Å². The minimum Gasteiger partial charge on any atom is -0.495 e. The molecule has 1 fully saturated rings. The summed E-state index contributed by atoms with van der Waals surface area (Å²) in [7, 11) is 1.73. The maximum atomic E-state index is 5.49. The summed E-state index contributed by atoms with van der Waals surface area (Å²) < 4.78 is 5.49. The fourth-order valence-electron chi connectivity index (χ4n) is 2.75. The van der Waals surface area contributed by atoms with E-state index in [-0.39, 0.29) is 0 Å². The van der Waals surface area contributed by atoms with Crippen molar-refractivity contribution in [2.75, 3.05) is 20.2 Å². The quantitative estimate of drug-likeness (QED) is 0.835. The average Bonchev–Trinajstić information content (AvgIpc) is 2.40. The van der Waals surface area contributed by atoms with Gasteiger partial charge in [-0.25, -0.2) is 0 Å². The number of hydrogen-bond acceptors (Lipinski definition) is 3. The van der Waals surface area contributed by atoms with Crippen molar-refractivity contribution in [2.45, 2.75) is 53.0 Å². The molecule has 1 aliphatic rings. The van der Waals surface area contributed by atoms with Crippen LogP contribution in [0.15, 0.2) is 12.3 Å². The molecule has 2 heterocycles. The second kappa shape index (κ2) is 6.13. The van der Waals surface area contributed by atoms with E-state index in [1.807, 2.05) is 6.20 Å². The largest absolute Gasteiger partial charge is 0.495 e. The second-order valence-corrected chi connectivity index (χ2v) is 7.03. The Bertz CT molecular complexity index is 444. The van der Waals surface area contributed by atoms with E-state index in [0.29, 0.717) is 11.3 Å². The zero-order valence-electron chi connectivity index (χ0n) is 13.6. The zero-order valence-corrected chi connectivity index (χ0v) is 13.6. The Morgan fingerprint density at radius 3 is 2.50 bits per heavy atom. The summed E-state index contributed by atoms with van der Waals surface area (Å²) in [5.74, 6) is 1.32. The number of nitrogens with zero attached hydrogens (tertiary/aromatic N) is 2. The van der Waals surface area contributed by atoms with E-state index in [1.165, 1.54) is 31.5 Å². The van der Waals surface area contributed by atoms with E-state index in [1.54, 1.807) is 7.11 Å². The first-order valence-corrected chi connectivity index (χ1v) is 7.66. The molecule has 1 aromatic heterocycles. The Morgan fingerprint density at radius 2 is 1.95 bits per heavy atom. The molecule has 1 aromatic rings. The summed E-state index contributed by atoms with van der Waals surface area (Å²) in [4.78, 5) is 7.12. The van der Waals surface area contributed by atoms with Gasteiger partial charge < -0.3 is 4.74 Å².